The van der Waals surface area contributed by atoms with E-state index in [1.807, 2.05) is 13.8 Å². The predicted octanol–water partition coefficient (Wildman–Crippen LogP) is 0.907. The summed E-state index contributed by atoms with van der Waals surface area (Å²) in [6, 6.07) is 5.46. The van der Waals surface area contributed by atoms with Gasteiger partial charge >= 0.3 is 0 Å². The number of hydrazine groups is 1. The number of amides is 1. The van der Waals surface area contributed by atoms with Crippen molar-refractivity contribution in [1.82, 2.24) is 20.9 Å². The Morgan fingerprint density at radius 3 is 2.31 bits per heavy atom. The average Bonchev–Trinajstić information content (AvgIpc) is 2.59. The molecule has 0 aliphatic carbocycles. The van der Waals surface area contributed by atoms with Crippen LogP contribution in [0.4, 0.5) is 0 Å². The molecule has 8 nitrogen and oxygen atoms in total. The first-order valence-corrected chi connectivity index (χ1v) is 10.1. The summed E-state index contributed by atoms with van der Waals surface area (Å²) in [7, 11) is -2.02. The number of carbonyl (C=O) groups is 1. The Labute approximate surface area is 160 Å². The molecule has 0 saturated heterocycles. The van der Waals surface area contributed by atoms with Crippen molar-refractivity contribution in [2.75, 3.05) is 13.7 Å². The van der Waals surface area contributed by atoms with Gasteiger partial charge in [0, 0.05) is 24.8 Å². The standard InChI is InChI=1S/C16H26N4O4S2/c1-5-11(2)20-26(22,23)14-8-6-13(7-9-14)15(21)18-19-16(25)17-12(3)10-24-4/h6-9,11-12,20H,5,10H2,1-4H3,(H,18,21)(H2,17,19,25)/t11-,12+/m1/s1. The van der Waals surface area contributed by atoms with E-state index in [0.717, 1.165) is 0 Å². The number of hydrogen-bond donors (Lipinski definition) is 4. The molecule has 4 N–H and O–H groups in total. The van der Waals surface area contributed by atoms with Crippen LogP contribution in [0.5, 0.6) is 0 Å². The van der Waals surface area contributed by atoms with E-state index in [9.17, 15) is 13.2 Å². The fourth-order valence-corrected chi connectivity index (χ4v) is 3.52. The van der Waals surface area contributed by atoms with Gasteiger partial charge in [0.05, 0.1) is 11.5 Å². The molecule has 146 valence electrons. The van der Waals surface area contributed by atoms with Crippen LogP contribution in [0.15, 0.2) is 29.2 Å². The number of thiocarbonyl (C=S) groups is 1. The van der Waals surface area contributed by atoms with Crippen LogP contribution in [0, 0.1) is 0 Å². The lowest BCUT2D eigenvalue weighted by molar-refractivity contribution is 0.0943. The largest absolute Gasteiger partial charge is 0.383 e. The molecule has 1 amide bonds. The third kappa shape index (κ3) is 7.24. The number of nitrogens with one attached hydrogen (secondary N) is 4. The van der Waals surface area contributed by atoms with Crippen LogP contribution < -0.4 is 20.9 Å². The van der Waals surface area contributed by atoms with Crippen LogP contribution in [0.25, 0.3) is 0 Å². The zero-order chi connectivity index (χ0) is 19.7. The first kappa shape index (κ1) is 22.3. The fourth-order valence-electron chi connectivity index (χ4n) is 1.94. The van der Waals surface area contributed by atoms with E-state index in [-0.39, 0.29) is 22.1 Å². The molecule has 0 fully saturated rings. The van der Waals surface area contributed by atoms with E-state index >= 15 is 0 Å². The molecule has 10 heteroatoms. The van der Waals surface area contributed by atoms with Crippen molar-refractivity contribution < 1.29 is 17.9 Å². The van der Waals surface area contributed by atoms with Crippen molar-refractivity contribution in [2.45, 2.75) is 44.2 Å². The summed E-state index contributed by atoms with van der Waals surface area (Å²) in [6.45, 7) is 6.03. The Morgan fingerprint density at radius 2 is 1.77 bits per heavy atom. The summed E-state index contributed by atoms with van der Waals surface area (Å²) in [5.74, 6) is -0.438. The number of benzene rings is 1. The molecule has 26 heavy (non-hydrogen) atoms. The highest BCUT2D eigenvalue weighted by molar-refractivity contribution is 7.89. The summed E-state index contributed by atoms with van der Waals surface area (Å²) in [4.78, 5) is 12.2. The number of methoxy groups -OCH3 is 1. The minimum absolute atomic E-state index is 0.0144. The van der Waals surface area contributed by atoms with Gasteiger partial charge in [0.2, 0.25) is 10.0 Å². The molecule has 0 spiro atoms. The van der Waals surface area contributed by atoms with Crippen LogP contribution >= 0.6 is 12.2 Å². The normalized spacial score (nSPS) is 13.5. The van der Waals surface area contributed by atoms with Crippen molar-refractivity contribution in [3.8, 4) is 0 Å². The van der Waals surface area contributed by atoms with Crippen molar-refractivity contribution >= 4 is 33.3 Å². The minimum atomic E-state index is -3.60. The molecule has 0 bridgehead atoms. The maximum Gasteiger partial charge on any atom is 0.269 e. The molecule has 2 atom stereocenters. The molecule has 1 aromatic rings. The maximum absolute atomic E-state index is 12.2. The lowest BCUT2D eigenvalue weighted by Gasteiger charge is -2.16. The Hall–Kier alpha value is -1.75. The topological polar surface area (TPSA) is 109 Å². The van der Waals surface area contributed by atoms with Gasteiger partial charge in [0.1, 0.15) is 0 Å². The third-order valence-electron chi connectivity index (χ3n) is 3.48. The molecule has 0 unspecified atom stereocenters. The quantitative estimate of drug-likeness (QED) is 0.378. The van der Waals surface area contributed by atoms with Gasteiger partial charge in [-0.3, -0.25) is 15.6 Å². The summed E-state index contributed by atoms with van der Waals surface area (Å²) >= 11 is 5.05. The molecular weight excluding hydrogens is 376 g/mol. The number of sulfonamides is 1. The van der Waals surface area contributed by atoms with Crippen molar-refractivity contribution in [3.63, 3.8) is 0 Å². The minimum Gasteiger partial charge on any atom is -0.383 e. The molecule has 0 radical (unpaired) electrons. The van der Waals surface area contributed by atoms with Gasteiger partial charge in [-0.15, -0.1) is 0 Å². The molecule has 0 heterocycles. The van der Waals surface area contributed by atoms with E-state index < -0.39 is 15.9 Å². The van der Waals surface area contributed by atoms with Gasteiger partial charge in [-0.1, -0.05) is 6.92 Å². The Morgan fingerprint density at radius 1 is 1.15 bits per heavy atom. The fraction of sp³-hybridized carbons (Fsp3) is 0.500. The van der Waals surface area contributed by atoms with Gasteiger partial charge in [-0.05, 0) is 56.8 Å². The number of carbonyl (C=O) groups excluding carboxylic acids is 1. The van der Waals surface area contributed by atoms with Gasteiger partial charge in [0.15, 0.2) is 5.11 Å². The summed E-state index contributed by atoms with van der Waals surface area (Å²) in [5, 5.41) is 3.18. The number of hydrogen-bond acceptors (Lipinski definition) is 5. The van der Waals surface area contributed by atoms with Gasteiger partial charge < -0.3 is 10.1 Å². The zero-order valence-electron chi connectivity index (χ0n) is 15.3. The molecule has 1 rings (SSSR count). The highest BCUT2D eigenvalue weighted by Gasteiger charge is 2.17. The Balaban J connectivity index is 2.63. The summed E-state index contributed by atoms with van der Waals surface area (Å²) < 4.78 is 31.9. The first-order valence-electron chi connectivity index (χ1n) is 8.17. The second-order valence-electron chi connectivity index (χ2n) is 5.86. The second-order valence-corrected chi connectivity index (χ2v) is 7.99. The highest BCUT2D eigenvalue weighted by atomic mass is 32.2. The SMILES string of the molecule is CC[C@@H](C)NS(=O)(=O)c1ccc(C(=O)NNC(=S)N[C@@H](C)COC)cc1. The van der Waals surface area contributed by atoms with Gasteiger partial charge in [0.25, 0.3) is 5.91 Å². The molecular formula is C16H26N4O4S2. The second kappa shape index (κ2) is 10.4. The van der Waals surface area contributed by atoms with E-state index in [0.29, 0.717) is 18.6 Å². The monoisotopic (exact) mass is 402 g/mol. The third-order valence-corrected chi connectivity index (χ3v) is 5.30. The van der Waals surface area contributed by atoms with Crippen molar-refractivity contribution in [2.24, 2.45) is 0 Å². The van der Waals surface area contributed by atoms with Crippen LogP contribution in [0.3, 0.4) is 0 Å². The highest BCUT2D eigenvalue weighted by Crippen LogP contribution is 2.11. The van der Waals surface area contributed by atoms with E-state index in [1.54, 1.807) is 14.0 Å². The van der Waals surface area contributed by atoms with Crippen molar-refractivity contribution in [1.29, 1.82) is 0 Å². The first-order chi connectivity index (χ1) is 12.2. The summed E-state index contributed by atoms with van der Waals surface area (Å²) in [6.07, 6.45) is 0.683. The average molecular weight is 403 g/mol. The zero-order valence-corrected chi connectivity index (χ0v) is 17.0. The van der Waals surface area contributed by atoms with Crippen LogP contribution in [0.2, 0.25) is 0 Å². The summed E-state index contributed by atoms with van der Waals surface area (Å²) in [5.41, 5.74) is 5.33. The maximum atomic E-state index is 12.2. The molecule has 0 aliphatic rings. The van der Waals surface area contributed by atoms with E-state index in [2.05, 4.69) is 20.9 Å². The van der Waals surface area contributed by atoms with Crippen LogP contribution in [0.1, 0.15) is 37.6 Å². The van der Waals surface area contributed by atoms with E-state index in [4.69, 9.17) is 17.0 Å². The number of ether oxygens (including phenoxy) is 1. The smallest absolute Gasteiger partial charge is 0.269 e. The molecule has 0 aliphatic heterocycles. The van der Waals surface area contributed by atoms with Crippen molar-refractivity contribution in [3.05, 3.63) is 29.8 Å². The Kier molecular flexibility index (Phi) is 8.93. The van der Waals surface area contributed by atoms with Crippen LogP contribution in [-0.2, 0) is 14.8 Å². The van der Waals surface area contributed by atoms with Gasteiger partial charge in [-0.25, -0.2) is 13.1 Å². The number of rotatable bonds is 8. The predicted molar refractivity (Wildman–Crippen MR) is 104 cm³/mol. The Bertz CT molecular complexity index is 707. The lowest BCUT2D eigenvalue weighted by Crippen LogP contribution is -2.49. The van der Waals surface area contributed by atoms with E-state index in [1.165, 1.54) is 24.3 Å². The molecule has 0 saturated carbocycles. The van der Waals surface area contributed by atoms with Crippen LogP contribution in [-0.4, -0.2) is 45.2 Å². The molecule has 1 aromatic carbocycles. The lowest BCUT2D eigenvalue weighted by atomic mass is 10.2. The van der Waals surface area contributed by atoms with Gasteiger partial charge in [-0.2, -0.15) is 0 Å². The molecule has 0 aromatic heterocycles.